The number of carboxylic acid groups (broad SMARTS) is 1. The minimum atomic E-state index is -1.06. The van der Waals surface area contributed by atoms with Crippen molar-refractivity contribution in [3.63, 3.8) is 0 Å². The van der Waals surface area contributed by atoms with Crippen LogP contribution in [0.4, 0.5) is 0 Å². The molecule has 1 amide bonds. The summed E-state index contributed by atoms with van der Waals surface area (Å²) in [5.41, 5.74) is 1.54. The van der Waals surface area contributed by atoms with Gasteiger partial charge in [-0.15, -0.1) is 0 Å². The van der Waals surface area contributed by atoms with Gasteiger partial charge in [0.05, 0.1) is 0 Å². The van der Waals surface area contributed by atoms with E-state index in [1.807, 2.05) is 19.1 Å². The number of rotatable bonds is 3. The van der Waals surface area contributed by atoms with Gasteiger partial charge in [-0.2, -0.15) is 0 Å². The third kappa shape index (κ3) is 2.56. The number of halogens is 1. The molecule has 1 unspecified atom stereocenters. The summed E-state index contributed by atoms with van der Waals surface area (Å²) in [5.74, 6) is -1.38. The maximum atomic E-state index is 12.2. The molecule has 20 heavy (non-hydrogen) atoms. The van der Waals surface area contributed by atoms with Crippen LogP contribution in [-0.4, -0.2) is 35.0 Å². The second-order valence-electron chi connectivity index (χ2n) is 4.68. The Balaban J connectivity index is 2.41. The van der Waals surface area contributed by atoms with Gasteiger partial charge in [0.1, 0.15) is 11.6 Å². The van der Waals surface area contributed by atoms with Crippen LogP contribution in [0.5, 0.6) is 0 Å². The highest BCUT2D eigenvalue weighted by Gasteiger charge is 2.25. The highest BCUT2D eigenvalue weighted by atomic mass is 79.9. The van der Waals surface area contributed by atoms with Crippen LogP contribution in [0.25, 0.3) is 11.0 Å². The standard InChI is InChI=1S/C14H14BrNO4/c1-7-4-10(15)5-9-6-11(20-12(7)9)13(17)16(3)8(2)14(18)19/h4-6,8H,1-3H3,(H,18,19). The number of fused-ring (bicyclic) bond motifs is 1. The first kappa shape index (κ1) is 14.6. The molecule has 6 heteroatoms. The van der Waals surface area contributed by atoms with Crippen molar-refractivity contribution in [3.8, 4) is 0 Å². The Morgan fingerprint density at radius 3 is 2.60 bits per heavy atom. The molecule has 0 fully saturated rings. The van der Waals surface area contributed by atoms with Crippen LogP contribution in [-0.2, 0) is 4.79 Å². The Bertz CT molecular complexity index is 692. The molecule has 106 valence electrons. The average molecular weight is 340 g/mol. The van der Waals surface area contributed by atoms with Gasteiger partial charge in [0.15, 0.2) is 5.76 Å². The third-order valence-electron chi connectivity index (χ3n) is 3.24. The summed E-state index contributed by atoms with van der Waals surface area (Å²) in [6, 6.07) is 4.46. The molecule has 1 N–H and O–H groups in total. The second-order valence-corrected chi connectivity index (χ2v) is 5.60. The normalized spacial score (nSPS) is 12.4. The molecule has 0 aliphatic carbocycles. The molecule has 2 rings (SSSR count). The van der Waals surface area contributed by atoms with Crippen molar-refractivity contribution in [3.05, 3.63) is 34.0 Å². The number of carboxylic acids is 1. The SMILES string of the molecule is Cc1cc(Br)cc2cc(C(=O)N(C)C(C)C(=O)O)oc12. The first-order valence-electron chi connectivity index (χ1n) is 6.01. The molecule has 1 atom stereocenters. The smallest absolute Gasteiger partial charge is 0.326 e. The van der Waals surface area contributed by atoms with Crippen LogP contribution >= 0.6 is 15.9 Å². The molecule has 0 aliphatic heterocycles. The van der Waals surface area contributed by atoms with E-state index in [4.69, 9.17) is 9.52 Å². The molecule has 0 saturated carbocycles. The van der Waals surface area contributed by atoms with Gasteiger partial charge in [-0.25, -0.2) is 4.79 Å². The lowest BCUT2D eigenvalue weighted by molar-refractivity contribution is -0.141. The quantitative estimate of drug-likeness (QED) is 0.932. The average Bonchev–Trinajstić information content (AvgIpc) is 2.79. The monoisotopic (exact) mass is 339 g/mol. The number of benzene rings is 1. The molecule has 0 radical (unpaired) electrons. The Hall–Kier alpha value is -1.82. The van der Waals surface area contributed by atoms with Crippen molar-refractivity contribution >= 4 is 38.8 Å². The minimum absolute atomic E-state index is 0.136. The fourth-order valence-electron chi connectivity index (χ4n) is 1.90. The van der Waals surface area contributed by atoms with Crippen molar-refractivity contribution < 1.29 is 19.1 Å². The summed E-state index contributed by atoms with van der Waals surface area (Å²) in [6.45, 7) is 3.33. The van der Waals surface area contributed by atoms with Crippen LogP contribution in [0, 0.1) is 6.92 Å². The first-order valence-corrected chi connectivity index (χ1v) is 6.80. The van der Waals surface area contributed by atoms with Crippen molar-refractivity contribution in [2.24, 2.45) is 0 Å². The zero-order valence-corrected chi connectivity index (χ0v) is 12.9. The number of carbonyl (C=O) groups excluding carboxylic acids is 1. The number of nitrogens with zero attached hydrogens (tertiary/aromatic N) is 1. The van der Waals surface area contributed by atoms with Gasteiger partial charge in [-0.05, 0) is 37.6 Å². The second kappa shape index (κ2) is 5.28. The van der Waals surface area contributed by atoms with E-state index in [2.05, 4.69) is 15.9 Å². The molecule has 2 aromatic rings. The maximum Gasteiger partial charge on any atom is 0.326 e. The number of furan rings is 1. The largest absolute Gasteiger partial charge is 0.480 e. The molecule has 0 aliphatic rings. The summed E-state index contributed by atoms with van der Waals surface area (Å²) in [6.07, 6.45) is 0. The zero-order chi connectivity index (χ0) is 15.0. The first-order chi connectivity index (χ1) is 9.31. The van der Waals surface area contributed by atoms with E-state index in [1.54, 1.807) is 6.07 Å². The fourth-order valence-corrected chi connectivity index (χ4v) is 2.49. The summed E-state index contributed by atoms with van der Waals surface area (Å²) in [4.78, 5) is 24.3. The third-order valence-corrected chi connectivity index (χ3v) is 3.69. The van der Waals surface area contributed by atoms with Crippen molar-refractivity contribution in [1.29, 1.82) is 0 Å². The summed E-state index contributed by atoms with van der Waals surface area (Å²) >= 11 is 3.39. The van der Waals surface area contributed by atoms with Gasteiger partial charge in [-0.3, -0.25) is 4.79 Å². The van der Waals surface area contributed by atoms with Gasteiger partial charge in [0.25, 0.3) is 5.91 Å². The molecule has 1 heterocycles. The van der Waals surface area contributed by atoms with Crippen LogP contribution < -0.4 is 0 Å². The highest BCUT2D eigenvalue weighted by Crippen LogP contribution is 2.27. The predicted octanol–water partition coefficient (Wildman–Crippen LogP) is 3.05. The van der Waals surface area contributed by atoms with Gasteiger partial charge in [-0.1, -0.05) is 15.9 Å². The molecule has 0 bridgehead atoms. The summed E-state index contributed by atoms with van der Waals surface area (Å²) < 4.78 is 6.46. The molecule has 1 aromatic heterocycles. The van der Waals surface area contributed by atoms with Gasteiger partial charge in [0, 0.05) is 16.9 Å². The van der Waals surface area contributed by atoms with Crippen molar-refractivity contribution in [1.82, 2.24) is 4.90 Å². The summed E-state index contributed by atoms with van der Waals surface area (Å²) in [5, 5.41) is 9.74. The lowest BCUT2D eigenvalue weighted by Gasteiger charge is -2.19. The number of aliphatic carboxylic acids is 1. The van der Waals surface area contributed by atoms with E-state index in [0.29, 0.717) is 5.58 Å². The van der Waals surface area contributed by atoms with E-state index < -0.39 is 17.9 Å². The lowest BCUT2D eigenvalue weighted by Crippen LogP contribution is -2.40. The number of hydrogen-bond acceptors (Lipinski definition) is 3. The molecule has 0 spiro atoms. The Morgan fingerprint density at radius 2 is 2.00 bits per heavy atom. The van der Waals surface area contributed by atoms with E-state index in [1.165, 1.54) is 14.0 Å². The fraction of sp³-hybridized carbons (Fsp3) is 0.286. The van der Waals surface area contributed by atoms with E-state index in [-0.39, 0.29) is 5.76 Å². The topological polar surface area (TPSA) is 70.8 Å². The Kier molecular flexibility index (Phi) is 3.85. The van der Waals surface area contributed by atoms with Crippen molar-refractivity contribution in [2.45, 2.75) is 19.9 Å². The van der Waals surface area contributed by atoms with Crippen molar-refractivity contribution in [2.75, 3.05) is 7.05 Å². The number of carbonyl (C=O) groups is 2. The Labute approximate surface area is 124 Å². The van der Waals surface area contributed by atoms with Gasteiger partial charge < -0.3 is 14.4 Å². The van der Waals surface area contributed by atoms with Crippen LogP contribution in [0.1, 0.15) is 23.0 Å². The highest BCUT2D eigenvalue weighted by molar-refractivity contribution is 9.10. The molecule has 5 nitrogen and oxygen atoms in total. The van der Waals surface area contributed by atoms with E-state index in [0.717, 1.165) is 20.3 Å². The van der Waals surface area contributed by atoms with Crippen LogP contribution in [0.3, 0.4) is 0 Å². The number of likely N-dealkylation sites (N-methyl/N-ethyl adjacent to an activating group) is 1. The van der Waals surface area contributed by atoms with Crippen LogP contribution in [0.2, 0.25) is 0 Å². The minimum Gasteiger partial charge on any atom is -0.480 e. The van der Waals surface area contributed by atoms with E-state index >= 15 is 0 Å². The lowest BCUT2D eigenvalue weighted by atomic mass is 10.2. The molecular weight excluding hydrogens is 326 g/mol. The Morgan fingerprint density at radius 1 is 1.35 bits per heavy atom. The number of hydrogen-bond donors (Lipinski definition) is 1. The number of aryl methyl sites for hydroxylation is 1. The zero-order valence-electron chi connectivity index (χ0n) is 11.3. The summed E-state index contributed by atoms with van der Waals surface area (Å²) in [7, 11) is 1.44. The van der Waals surface area contributed by atoms with Gasteiger partial charge in [0.2, 0.25) is 0 Å². The maximum absolute atomic E-state index is 12.2. The number of amides is 1. The predicted molar refractivity (Wildman–Crippen MR) is 77.8 cm³/mol. The van der Waals surface area contributed by atoms with E-state index in [9.17, 15) is 9.59 Å². The molecule has 1 aromatic carbocycles. The molecule has 0 saturated heterocycles. The van der Waals surface area contributed by atoms with Crippen LogP contribution in [0.15, 0.2) is 27.1 Å². The van der Waals surface area contributed by atoms with Gasteiger partial charge >= 0.3 is 5.97 Å². The molecular formula is C14H14BrNO4.